The highest BCUT2D eigenvalue weighted by atomic mass is 16.3. The number of furan rings is 1. The van der Waals surface area contributed by atoms with Crippen LogP contribution in [0.15, 0.2) is 59.1 Å². The number of benzene rings is 3. The highest BCUT2D eigenvalue weighted by molar-refractivity contribution is 6.11. The van der Waals surface area contributed by atoms with E-state index >= 15 is 0 Å². The predicted molar refractivity (Wildman–Crippen MR) is 189 cm³/mol. The molecule has 0 spiro atoms. The highest BCUT2D eigenvalue weighted by Crippen LogP contribution is 2.51. The van der Waals surface area contributed by atoms with Gasteiger partial charge in [-0.2, -0.15) is 0 Å². The summed E-state index contributed by atoms with van der Waals surface area (Å²) < 4.78 is 91.2. The number of rotatable bonds is 7. The molecule has 0 bridgehead atoms. The first-order valence-electron chi connectivity index (χ1n) is 21.1. The third-order valence-electron chi connectivity index (χ3n) is 9.61. The van der Waals surface area contributed by atoms with Gasteiger partial charge < -0.3 is 4.42 Å². The summed E-state index contributed by atoms with van der Waals surface area (Å²) in [4.78, 5) is 4.61. The van der Waals surface area contributed by atoms with Crippen molar-refractivity contribution in [2.75, 3.05) is 0 Å². The fraction of sp³-hybridized carbons (Fsp3) is 0.452. The summed E-state index contributed by atoms with van der Waals surface area (Å²) in [5, 5.41) is 1.55. The number of nitrogens with zero attached hydrogens (tertiary/aromatic N) is 1. The lowest BCUT2D eigenvalue weighted by Crippen LogP contribution is -2.30. The summed E-state index contributed by atoms with van der Waals surface area (Å²) in [5.74, 6) is -0.0393. The molecule has 1 fully saturated rings. The monoisotopic (exact) mass is 595 g/mol. The van der Waals surface area contributed by atoms with Crippen LogP contribution in [-0.4, -0.2) is 4.98 Å². The second-order valence-corrected chi connectivity index (χ2v) is 14.1. The Morgan fingerprint density at radius 3 is 2.25 bits per heavy atom. The number of hydrogen-bond acceptors (Lipinski definition) is 2. The number of para-hydroxylation sites is 1. The fourth-order valence-corrected chi connectivity index (χ4v) is 8.03. The van der Waals surface area contributed by atoms with E-state index in [-0.39, 0.29) is 22.1 Å². The maximum absolute atomic E-state index is 9.78. The van der Waals surface area contributed by atoms with E-state index in [0.717, 1.165) is 42.0 Å². The summed E-state index contributed by atoms with van der Waals surface area (Å²) in [5.41, 5.74) is 5.00. The number of hydrogen-bond donors (Lipinski definition) is 0. The van der Waals surface area contributed by atoms with Crippen LogP contribution in [0.25, 0.3) is 44.3 Å². The lowest BCUT2D eigenvalue weighted by molar-refractivity contribution is 0.108. The Bertz CT molecular complexity index is 2180. The van der Waals surface area contributed by atoms with Crippen LogP contribution in [0.3, 0.4) is 0 Å². The first kappa shape index (κ1) is 20.6. The number of pyridine rings is 1. The molecule has 0 amide bonds. The first-order valence-corrected chi connectivity index (χ1v) is 16.1. The Morgan fingerprint density at radius 2 is 1.57 bits per heavy atom. The number of aryl methyl sites for hydroxylation is 5. The molecule has 2 heterocycles. The van der Waals surface area contributed by atoms with Crippen molar-refractivity contribution >= 4 is 21.9 Å². The van der Waals surface area contributed by atoms with Crippen molar-refractivity contribution in [3.63, 3.8) is 0 Å². The van der Waals surface area contributed by atoms with Crippen LogP contribution in [0.1, 0.15) is 119 Å². The van der Waals surface area contributed by atoms with Crippen LogP contribution in [0.5, 0.6) is 0 Å². The van der Waals surface area contributed by atoms with E-state index in [1.165, 1.54) is 12.3 Å². The van der Waals surface area contributed by atoms with Gasteiger partial charge in [-0.05, 0) is 159 Å². The van der Waals surface area contributed by atoms with E-state index in [2.05, 4.69) is 32.7 Å². The van der Waals surface area contributed by atoms with Crippen LogP contribution in [0.4, 0.5) is 0 Å². The van der Waals surface area contributed by atoms with Gasteiger partial charge in [0.25, 0.3) is 0 Å². The van der Waals surface area contributed by atoms with E-state index in [4.69, 9.17) is 16.8 Å². The summed E-state index contributed by atoms with van der Waals surface area (Å²) in [6.07, 6.45) is 6.32. The number of aromatic nitrogens is 1. The van der Waals surface area contributed by atoms with E-state index in [1.54, 1.807) is 18.2 Å². The van der Waals surface area contributed by atoms with Crippen molar-refractivity contribution in [1.29, 1.82) is 0 Å². The van der Waals surface area contributed by atoms with Gasteiger partial charge in [0.15, 0.2) is 0 Å². The van der Waals surface area contributed by atoms with Crippen molar-refractivity contribution in [2.24, 2.45) is 17.3 Å². The van der Waals surface area contributed by atoms with Crippen molar-refractivity contribution < 1.29 is 18.1 Å². The first-order chi connectivity index (χ1) is 24.9. The van der Waals surface area contributed by atoms with Gasteiger partial charge in [-0.25, -0.2) is 0 Å². The molecule has 0 aliphatic heterocycles. The van der Waals surface area contributed by atoms with Crippen molar-refractivity contribution in [3.05, 3.63) is 88.1 Å². The van der Waals surface area contributed by atoms with Gasteiger partial charge >= 0.3 is 0 Å². The highest BCUT2D eigenvalue weighted by Gasteiger charge is 2.37. The van der Waals surface area contributed by atoms with E-state index in [1.807, 2.05) is 38.1 Å². The molecule has 0 atom stereocenters. The van der Waals surface area contributed by atoms with Gasteiger partial charge in [0.05, 0.1) is 5.69 Å². The zero-order valence-electron chi connectivity index (χ0n) is 36.9. The Morgan fingerprint density at radius 1 is 0.841 bits per heavy atom. The van der Waals surface area contributed by atoms with Gasteiger partial charge in [0.2, 0.25) is 0 Å². The Hall–Kier alpha value is -3.39. The van der Waals surface area contributed by atoms with Crippen LogP contribution in [0, 0.1) is 51.7 Å². The maximum Gasteiger partial charge on any atom is 0.144 e. The molecule has 0 saturated heterocycles. The summed E-state index contributed by atoms with van der Waals surface area (Å²) >= 11 is 0. The zero-order valence-corrected chi connectivity index (χ0v) is 26.9. The van der Waals surface area contributed by atoms with Gasteiger partial charge in [-0.15, -0.1) is 0 Å². The van der Waals surface area contributed by atoms with Crippen molar-refractivity contribution in [3.8, 4) is 22.4 Å². The normalized spacial score (nSPS) is 20.6. The maximum atomic E-state index is 9.78. The summed E-state index contributed by atoms with van der Waals surface area (Å²) in [6.45, 7) is 5.25. The molecule has 6 rings (SSSR count). The van der Waals surface area contributed by atoms with E-state index in [0.29, 0.717) is 69.4 Å². The lowest BCUT2D eigenvalue weighted by Gasteiger charge is -2.43. The Balaban J connectivity index is 1.50. The smallest absolute Gasteiger partial charge is 0.144 e. The molecule has 2 heteroatoms. The average Bonchev–Trinajstić information content (AvgIpc) is 3.43. The molecular formula is C42H51NO. The van der Waals surface area contributed by atoms with Gasteiger partial charge in [-0.3, -0.25) is 4.98 Å². The van der Waals surface area contributed by atoms with Gasteiger partial charge in [0, 0.05) is 36.2 Å². The molecule has 0 unspecified atom stereocenters. The molecule has 0 radical (unpaired) electrons. The van der Waals surface area contributed by atoms with Crippen LogP contribution >= 0.6 is 0 Å². The standard InChI is InChI=1S/C42H51NO/c1-25(2)22-42(23-26(3)4)15-13-32(14-16-42)35-19-29(7)36(20-28(35)6)37-21-38(43-24-31(37)9)33-11-10-12-34-40-30(8)17-27(5)18-39(40)44-41(33)34/h10-12,17-21,24-26,32H,13-16,22-23H2,1-9H3/i5D3,6D3,9D3,32D. The van der Waals surface area contributed by atoms with Gasteiger partial charge in [0.1, 0.15) is 11.2 Å². The topological polar surface area (TPSA) is 26.0 Å². The van der Waals surface area contributed by atoms with Crippen LogP contribution in [0.2, 0.25) is 0 Å². The third-order valence-corrected chi connectivity index (χ3v) is 9.61. The molecule has 2 aromatic heterocycles. The molecule has 5 aromatic rings. The second kappa shape index (κ2) is 11.8. The van der Waals surface area contributed by atoms with Crippen molar-refractivity contribution in [1.82, 2.24) is 4.98 Å². The minimum atomic E-state index is -2.56. The lowest BCUT2D eigenvalue weighted by atomic mass is 9.62. The molecule has 1 saturated carbocycles. The molecule has 2 nitrogen and oxygen atoms in total. The SMILES string of the molecule is [2H]C([2H])([2H])c1cc(C)c2c(c1)oc1c(-c3cc(-c4cc(C([2H])([2H])[2H])c(C5([2H])CCC(CC(C)C)(CC(C)C)CC5)cc4C)c(C([2H])([2H])[2H])cn3)cccc12. The van der Waals surface area contributed by atoms with E-state index in [9.17, 15) is 1.37 Å². The quantitative estimate of drug-likeness (QED) is 0.187. The van der Waals surface area contributed by atoms with E-state index < -0.39 is 26.4 Å². The summed E-state index contributed by atoms with van der Waals surface area (Å²) in [7, 11) is 0. The Kier molecular flexibility index (Phi) is 5.55. The molecule has 44 heavy (non-hydrogen) atoms. The fourth-order valence-electron chi connectivity index (χ4n) is 8.03. The molecule has 1 aliphatic carbocycles. The molecule has 1 aliphatic rings. The molecule has 230 valence electrons. The average molecular weight is 596 g/mol. The minimum absolute atomic E-state index is 0.0149. The third kappa shape index (κ3) is 5.73. The molecule has 0 N–H and O–H groups in total. The predicted octanol–water partition coefficient (Wildman–Crippen LogP) is 12.6. The second-order valence-electron chi connectivity index (χ2n) is 14.1. The zero-order chi connectivity index (χ0) is 39.8. The number of fused-ring (bicyclic) bond motifs is 3. The van der Waals surface area contributed by atoms with Crippen molar-refractivity contribution in [2.45, 2.75) is 107 Å². The van der Waals surface area contributed by atoms with Gasteiger partial charge in [-0.1, -0.05) is 58.0 Å². The summed E-state index contributed by atoms with van der Waals surface area (Å²) in [6, 6.07) is 13.8. The Labute approximate surface area is 279 Å². The molecular weight excluding hydrogens is 534 g/mol. The largest absolute Gasteiger partial charge is 0.455 e. The van der Waals surface area contributed by atoms with Crippen LogP contribution < -0.4 is 0 Å². The van der Waals surface area contributed by atoms with Crippen LogP contribution in [-0.2, 0) is 0 Å². The minimum Gasteiger partial charge on any atom is -0.455 e. The molecule has 3 aromatic carbocycles.